The van der Waals surface area contributed by atoms with E-state index in [0.29, 0.717) is 6.54 Å². The van der Waals surface area contributed by atoms with Crippen molar-refractivity contribution >= 4 is 11.5 Å². The van der Waals surface area contributed by atoms with Gasteiger partial charge in [0.05, 0.1) is 0 Å². The highest BCUT2D eigenvalue weighted by atomic mass is 16.1. The van der Waals surface area contributed by atoms with Gasteiger partial charge in [-0.25, -0.2) is 0 Å². The zero-order chi connectivity index (χ0) is 25.1. The van der Waals surface area contributed by atoms with Gasteiger partial charge in [0.25, 0.3) is 0 Å². The van der Waals surface area contributed by atoms with Crippen LogP contribution in [0.2, 0.25) is 0 Å². The topological polar surface area (TPSA) is 42.0 Å². The first-order valence-corrected chi connectivity index (χ1v) is 13.1. The van der Waals surface area contributed by atoms with Crippen LogP contribution in [0.25, 0.3) is 5.57 Å². The first-order chi connectivity index (χ1) is 16.7. The van der Waals surface area contributed by atoms with E-state index in [0.717, 1.165) is 24.0 Å². The molecule has 1 aromatic carbocycles. The van der Waals surface area contributed by atoms with Crippen LogP contribution < -0.4 is 5.32 Å². The minimum absolute atomic E-state index is 0.0756. The number of nitrogens with zero attached hydrogens (tertiary/aromatic N) is 1. The summed E-state index contributed by atoms with van der Waals surface area (Å²) in [6.45, 7) is 12.0. The van der Waals surface area contributed by atoms with E-state index in [9.17, 15) is 4.79 Å². The number of carbonyl (C=O) groups is 1. The summed E-state index contributed by atoms with van der Waals surface area (Å²) in [5.41, 5.74) is 9.72. The van der Waals surface area contributed by atoms with Gasteiger partial charge in [-0.1, -0.05) is 64.1 Å². The van der Waals surface area contributed by atoms with Crippen LogP contribution in [0.15, 0.2) is 72.1 Å². The molecule has 1 N–H and O–H groups in total. The lowest BCUT2D eigenvalue weighted by molar-refractivity contribution is -0.116. The van der Waals surface area contributed by atoms with Crippen LogP contribution in [0.1, 0.15) is 95.4 Å². The smallest absolute Gasteiger partial charge is 0.244 e. The largest absolute Gasteiger partial charge is 0.348 e. The van der Waals surface area contributed by atoms with E-state index in [-0.39, 0.29) is 16.7 Å². The summed E-state index contributed by atoms with van der Waals surface area (Å²) >= 11 is 0. The third-order valence-corrected chi connectivity index (χ3v) is 7.81. The van der Waals surface area contributed by atoms with Crippen molar-refractivity contribution in [1.29, 1.82) is 0 Å². The summed E-state index contributed by atoms with van der Waals surface area (Å²) in [7, 11) is 0. The maximum atomic E-state index is 12.4. The fraction of sp³-hybridized carbons (Fsp3) is 0.438. The molecule has 0 bridgehead atoms. The van der Waals surface area contributed by atoms with Crippen LogP contribution in [0.3, 0.4) is 0 Å². The highest BCUT2D eigenvalue weighted by Gasteiger charge is 2.37. The van der Waals surface area contributed by atoms with Crippen LogP contribution >= 0.6 is 0 Å². The second-order valence-corrected chi connectivity index (χ2v) is 11.5. The molecule has 35 heavy (non-hydrogen) atoms. The third-order valence-electron chi connectivity index (χ3n) is 7.81. The highest BCUT2D eigenvalue weighted by molar-refractivity contribution is 5.88. The Hall–Kier alpha value is -2.94. The summed E-state index contributed by atoms with van der Waals surface area (Å²) in [6, 6.07) is 11.1. The van der Waals surface area contributed by atoms with Gasteiger partial charge in [-0.15, -0.1) is 0 Å². The lowest BCUT2D eigenvalue weighted by Crippen LogP contribution is -2.33. The molecular formula is C32H40N2O. The average Bonchev–Trinajstić information content (AvgIpc) is 2.85. The maximum absolute atomic E-state index is 12.4. The number of allylic oxidation sites excluding steroid dienone is 5. The van der Waals surface area contributed by atoms with Crippen molar-refractivity contribution in [2.75, 3.05) is 0 Å². The van der Waals surface area contributed by atoms with Gasteiger partial charge in [0.1, 0.15) is 0 Å². The second-order valence-electron chi connectivity index (χ2n) is 11.5. The van der Waals surface area contributed by atoms with Gasteiger partial charge in [0.2, 0.25) is 5.91 Å². The minimum atomic E-state index is -0.0756. The zero-order valence-corrected chi connectivity index (χ0v) is 22.1. The van der Waals surface area contributed by atoms with Crippen molar-refractivity contribution in [3.8, 4) is 0 Å². The van der Waals surface area contributed by atoms with Gasteiger partial charge < -0.3 is 5.32 Å². The molecule has 0 fully saturated rings. The molecule has 3 nitrogen and oxygen atoms in total. The Morgan fingerprint density at radius 2 is 1.77 bits per heavy atom. The van der Waals surface area contributed by atoms with Gasteiger partial charge in [0.15, 0.2) is 0 Å². The van der Waals surface area contributed by atoms with Crippen LogP contribution in [-0.2, 0) is 22.2 Å². The summed E-state index contributed by atoms with van der Waals surface area (Å²) in [4.78, 5) is 16.5. The number of hydrogen-bond acceptors (Lipinski definition) is 2. The van der Waals surface area contributed by atoms with Crippen LogP contribution in [0, 0.1) is 0 Å². The Bertz CT molecular complexity index is 1170. The van der Waals surface area contributed by atoms with Gasteiger partial charge in [0, 0.05) is 25.0 Å². The van der Waals surface area contributed by atoms with E-state index in [2.05, 4.69) is 68.3 Å². The lowest BCUT2D eigenvalue weighted by atomic mass is 9.62. The molecule has 1 amide bonds. The zero-order valence-electron chi connectivity index (χ0n) is 22.1. The number of rotatable bonds is 6. The summed E-state index contributed by atoms with van der Waals surface area (Å²) in [6.07, 6.45) is 16.7. The van der Waals surface area contributed by atoms with Crippen LogP contribution in [0.5, 0.6) is 0 Å². The molecule has 184 valence electrons. The van der Waals surface area contributed by atoms with Gasteiger partial charge in [-0.05, 0) is 101 Å². The molecule has 0 saturated heterocycles. The van der Waals surface area contributed by atoms with E-state index < -0.39 is 0 Å². The number of benzene rings is 1. The molecule has 4 rings (SSSR count). The van der Waals surface area contributed by atoms with E-state index in [1.165, 1.54) is 53.5 Å². The molecule has 0 spiro atoms. The van der Waals surface area contributed by atoms with Crippen LogP contribution in [0.4, 0.5) is 0 Å². The predicted molar refractivity (Wildman–Crippen MR) is 146 cm³/mol. The SMILES string of the molecule is CC(/C=C/C1=C(c2ccc3c(c2)C(C)(C)CCC3(C)C)CCCC1)=C\C(=O)NCc1cccnc1. The average molecular weight is 469 g/mol. The summed E-state index contributed by atoms with van der Waals surface area (Å²) in [5, 5.41) is 2.94. The monoisotopic (exact) mass is 468 g/mol. The Kier molecular flexibility index (Phi) is 7.44. The molecule has 2 aliphatic rings. The summed E-state index contributed by atoms with van der Waals surface area (Å²) < 4.78 is 0. The van der Waals surface area contributed by atoms with E-state index in [1.807, 2.05) is 19.1 Å². The second kappa shape index (κ2) is 10.4. The lowest BCUT2D eigenvalue weighted by Gasteiger charge is -2.42. The molecular weight excluding hydrogens is 428 g/mol. The molecule has 0 atom stereocenters. The fourth-order valence-electron chi connectivity index (χ4n) is 5.45. The normalized spacial score (nSPS) is 19.5. The van der Waals surface area contributed by atoms with E-state index in [4.69, 9.17) is 0 Å². The van der Waals surface area contributed by atoms with Crippen molar-refractivity contribution in [2.45, 2.75) is 90.5 Å². The third kappa shape index (κ3) is 6.01. The van der Waals surface area contributed by atoms with Crippen molar-refractivity contribution in [2.24, 2.45) is 0 Å². The molecule has 0 aliphatic heterocycles. The minimum Gasteiger partial charge on any atom is -0.348 e. The Morgan fingerprint density at radius 1 is 1.03 bits per heavy atom. The molecule has 3 heteroatoms. The van der Waals surface area contributed by atoms with Crippen molar-refractivity contribution in [3.05, 3.63) is 94.4 Å². The Morgan fingerprint density at radius 3 is 2.51 bits per heavy atom. The molecule has 2 aliphatic carbocycles. The van der Waals surface area contributed by atoms with Gasteiger partial charge in [-0.2, -0.15) is 0 Å². The molecule has 0 saturated carbocycles. The summed E-state index contributed by atoms with van der Waals surface area (Å²) in [5.74, 6) is -0.0756. The van der Waals surface area contributed by atoms with E-state index in [1.54, 1.807) is 18.5 Å². The molecule has 0 unspecified atom stereocenters. The van der Waals surface area contributed by atoms with Gasteiger partial charge >= 0.3 is 0 Å². The number of aromatic nitrogens is 1. The first-order valence-electron chi connectivity index (χ1n) is 13.1. The molecule has 1 aromatic heterocycles. The Balaban J connectivity index is 1.54. The van der Waals surface area contributed by atoms with Gasteiger partial charge in [-0.3, -0.25) is 9.78 Å². The standard InChI is InChI=1S/C32H40N2O/c1-23(19-30(35)34-22-24-9-8-18-33-21-24)12-13-25-10-6-7-11-27(25)26-14-15-28-29(20-26)32(4,5)17-16-31(28,2)3/h8-9,12-15,18-21H,6-7,10-11,16-17,22H2,1-5H3,(H,34,35)/b13-12+,23-19+. The predicted octanol–water partition coefficient (Wildman–Crippen LogP) is 7.58. The van der Waals surface area contributed by atoms with Crippen molar-refractivity contribution < 1.29 is 4.79 Å². The number of pyridine rings is 1. The number of hydrogen-bond donors (Lipinski definition) is 1. The number of nitrogens with one attached hydrogen (secondary N) is 1. The van der Waals surface area contributed by atoms with Crippen molar-refractivity contribution in [3.63, 3.8) is 0 Å². The van der Waals surface area contributed by atoms with Crippen LogP contribution in [-0.4, -0.2) is 10.9 Å². The molecule has 1 heterocycles. The number of amides is 1. The number of carbonyl (C=O) groups excluding carboxylic acids is 1. The maximum Gasteiger partial charge on any atom is 0.244 e. The highest BCUT2D eigenvalue weighted by Crippen LogP contribution is 2.47. The van der Waals surface area contributed by atoms with Crippen molar-refractivity contribution in [1.82, 2.24) is 10.3 Å². The van der Waals surface area contributed by atoms with E-state index >= 15 is 0 Å². The number of fused-ring (bicyclic) bond motifs is 1. The quantitative estimate of drug-likeness (QED) is 0.351. The molecule has 0 radical (unpaired) electrons. The molecule has 2 aromatic rings. The fourth-order valence-corrected chi connectivity index (χ4v) is 5.45. The first kappa shape index (κ1) is 25.2. The Labute approximate surface area is 211 Å².